The van der Waals surface area contributed by atoms with Crippen LogP contribution < -0.4 is 10.5 Å². The van der Waals surface area contributed by atoms with E-state index in [1.807, 2.05) is 0 Å². The minimum absolute atomic E-state index is 0.0113. The highest BCUT2D eigenvalue weighted by molar-refractivity contribution is 5.75. The molecule has 0 fully saturated rings. The highest BCUT2D eigenvalue weighted by atomic mass is 16.5. The van der Waals surface area contributed by atoms with Crippen LogP contribution in [0.25, 0.3) is 0 Å². The van der Waals surface area contributed by atoms with Crippen LogP contribution in [0.15, 0.2) is 24.3 Å². The summed E-state index contributed by atoms with van der Waals surface area (Å²) < 4.78 is 10.1. The molecule has 0 aromatic heterocycles. The molecule has 1 aromatic carbocycles. The van der Waals surface area contributed by atoms with Gasteiger partial charge in [0.15, 0.2) is 0 Å². The fourth-order valence-electron chi connectivity index (χ4n) is 1.19. The van der Waals surface area contributed by atoms with Crippen LogP contribution in [-0.2, 0) is 16.1 Å². The number of hydrogen-bond acceptors (Lipinski definition) is 5. The number of hydrogen-bond donors (Lipinski definition) is 2. The average molecular weight is 239 g/mol. The first kappa shape index (κ1) is 13.5. The van der Waals surface area contributed by atoms with Crippen LogP contribution in [0.5, 0.6) is 5.75 Å². The SMILES string of the molecule is CCOC(=O)C(N)COc1ccc(CO)cc1. The molecule has 17 heavy (non-hydrogen) atoms. The largest absolute Gasteiger partial charge is 0.491 e. The summed E-state index contributed by atoms with van der Waals surface area (Å²) in [5, 5.41) is 8.86. The van der Waals surface area contributed by atoms with Crippen molar-refractivity contribution in [2.24, 2.45) is 5.73 Å². The van der Waals surface area contributed by atoms with Gasteiger partial charge in [-0.2, -0.15) is 0 Å². The number of benzene rings is 1. The van der Waals surface area contributed by atoms with E-state index in [1.54, 1.807) is 31.2 Å². The molecule has 1 atom stereocenters. The molecule has 1 rings (SSSR count). The van der Waals surface area contributed by atoms with Gasteiger partial charge >= 0.3 is 5.97 Å². The fraction of sp³-hybridized carbons (Fsp3) is 0.417. The lowest BCUT2D eigenvalue weighted by molar-refractivity contribution is -0.145. The van der Waals surface area contributed by atoms with Gasteiger partial charge in [0.05, 0.1) is 13.2 Å². The number of aliphatic hydroxyl groups is 1. The third-order valence-corrected chi connectivity index (χ3v) is 2.12. The van der Waals surface area contributed by atoms with Gasteiger partial charge in [-0.25, -0.2) is 0 Å². The van der Waals surface area contributed by atoms with Crippen LogP contribution in [0.2, 0.25) is 0 Å². The van der Waals surface area contributed by atoms with Gasteiger partial charge in [-0.1, -0.05) is 12.1 Å². The lowest BCUT2D eigenvalue weighted by atomic mass is 10.2. The van der Waals surface area contributed by atoms with E-state index in [4.69, 9.17) is 20.3 Å². The Balaban J connectivity index is 2.41. The predicted molar refractivity (Wildman–Crippen MR) is 62.5 cm³/mol. The lowest BCUT2D eigenvalue weighted by Crippen LogP contribution is -2.37. The summed E-state index contributed by atoms with van der Waals surface area (Å²) in [4.78, 5) is 11.2. The molecular formula is C12H17NO4. The number of nitrogens with two attached hydrogens (primary N) is 1. The number of rotatable bonds is 6. The standard InChI is InChI=1S/C12H17NO4/c1-2-16-12(15)11(13)8-17-10-5-3-9(7-14)4-6-10/h3-6,11,14H,2,7-8,13H2,1H3. The van der Waals surface area contributed by atoms with E-state index in [1.165, 1.54) is 0 Å². The van der Waals surface area contributed by atoms with E-state index in [-0.39, 0.29) is 13.2 Å². The van der Waals surface area contributed by atoms with Crippen molar-refractivity contribution in [1.29, 1.82) is 0 Å². The molecule has 0 saturated heterocycles. The van der Waals surface area contributed by atoms with Crippen molar-refractivity contribution in [3.63, 3.8) is 0 Å². The molecule has 0 heterocycles. The van der Waals surface area contributed by atoms with E-state index in [0.717, 1.165) is 5.56 Å². The second-order valence-electron chi connectivity index (χ2n) is 3.47. The van der Waals surface area contributed by atoms with E-state index in [9.17, 15) is 4.79 Å². The van der Waals surface area contributed by atoms with Gasteiger partial charge in [0.25, 0.3) is 0 Å². The van der Waals surface area contributed by atoms with Gasteiger partial charge in [0.1, 0.15) is 18.4 Å². The van der Waals surface area contributed by atoms with Crippen molar-refractivity contribution in [2.45, 2.75) is 19.6 Å². The van der Waals surface area contributed by atoms with Crippen LogP contribution in [-0.4, -0.2) is 30.3 Å². The Morgan fingerprint density at radius 3 is 2.59 bits per heavy atom. The van der Waals surface area contributed by atoms with E-state index < -0.39 is 12.0 Å². The highest BCUT2D eigenvalue weighted by Gasteiger charge is 2.14. The molecule has 0 saturated carbocycles. The van der Waals surface area contributed by atoms with Crippen molar-refractivity contribution in [3.05, 3.63) is 29.8 Å². The van der Waals surface area contributed by atoms with Crippen molar-refractivity contribution in [2.75, 3.05) is 13.2 Å². The minimum Gasteiger partial charge on any atom is -0.491 e. The molecule has 0 aliphatic carbocycles. The molecule has 94 valence electrons. The lowest BCUT2D eigenvalue weighted by Gasteiger charge is -2.12. The number of aliphatic hydroxyl groups excluding tert-OH is 1. The second-order valence-corrected chi connectivity index (χ2v) is 3.47. The van der Waals surface area contributed by atoms with Gasteiger partial charge in [0, 0.05) is 0 Å². The van der Waals surface area contributed by atoms with Crippen LogP contribution in [0.4, 0.5) is 0 Å². The summed E-state index contributed by atoms with van der Waals surface area (Å²) >= 11 is 0. The van der Waals surface area contributed by atoms with E-state index in [0.29, 0.717) is 12.4 Å². The van der Waals surface area contributed by atoms with Gasteiger partial charge in [-0.05, 0) is 24.6 Å². The number of carbonyl (C=O) groups excluding carboxylic acids is 1. The summed E-state index contributed by atoms with van der Waals surface area (Å²) in [6.07, 6.45) is 0. The second kappa shape index (κ2) is 6.88. The van der Waals surface area contributed by atoms with E-state index in [2.05, 4.69) is 0 Å². The molecular weight excluding hydrogens is 222 g/mol. The number of esters is 1. The first-order chi connectivity index (χ1) is 8.17. The smallest absolute Gasteiger partial charge is 0.326 e. The highest BCUT2D eigenvalue weighted by Crippen LogP contribution is 2.12. The Hall–Kier alpha value is -1.59. The van der Waals surface area contributed by atoms with Crippen LogP contribution >= 0.6 is 0 Å². The molecule has 0 bridgehead atoms. The van der Waals surface area contributed by atoms with Crippen LogP contribution in [0, 0.1) is 0 Å². The maximum atomic E-state index is 11.2. The summed E-state index contributed by atoms with van der Waals surface area (Å²) in [5.41, 5.74) is 6.37. The molecule has 3 N–H and O–H groups in total. The zero-order chi connectivity index (χ0) is 12.7. The molecule has 0 aliphatic rings. The molecule has 1 aromatic rings. The molecule has 5 heteroatoms. The predicted octanol–water partition coefficient (Wildman–Crippen LogP) is 0.448. The van der Waals surface area contributed by atoms with Gasteiger partial charge in [-0.15, -0.1) is 0 Å². The van der Waals surface area contributed by atoms with Crippen LogP contribution in [0.3, 0.4) is 0 Å². The Kier molecular flexibility index (Phi) is 5.45. The third kappa shape index (κ3) is 4.42. The van der Waals surface area contributed by atoms with Crippen LogP contribution in [0.1, 0.15) is 12.5 Å². The van der Waals surface area contributed by atoms with Gasteiger partial charge < -0.3 is 20.3 Å². The number of carbonyl (C=O) groups is 1. The minimum atomic E-state index is -0.785. The van der Waals surface area contributed by atoms with Crippen molar-refractivity contribution < 1.29 is 19.4 Å². The Morgan fingerprint density at radius 1 is 1.41 bits per heavy atom. The third-order valence-electron chi connectivity index (χ3n) is 2.12. The molecule has 0 spiro atoms. The average Bonchev–Trinajstić information content (AvgIpc) is 2.36. The molecule has 0 amide bonds. The zero-order valence-corrected chi connectivity index (χ0v) is 9.76. The Bertz CT molecular complexity index is 350. The number of ether oxygens (including phenoxy) is 2. The molecule has 5 nitrogen and oxygen atoms in total. The molecule has 0 aliphatic heterocycles. The summed E-state index contributed by atoms with van der Waals surface area (Å²) in [6, 6.07) is 6.12. The van der Waals surface area contributed by atoms with Crippen molar-refractivity contribution >= 4 is 5.97 Å². The van der Waals surface area contributed by atoms with E-state index >= 15 is 0 Å². The fourth-order valence-corrected chi connectivity index (χ4v) is 1.19. The monoisotopic (exact) mass is 239 g/mol. The maximum Gasteiger partial charge on any atom is 0.326 e. The first-order valence-electron chi connectivity index (χ1n) is 5.42. The quantitative estimate of drug-likeness (QED) is 0.704. The normalized spacial score (nSPS) is 11.9. The Labute approximate surface area is 100 Å². The topological polar surface area (TPSA) is 81.8 Å². The Morgan fingerprint density at radius 2 is 2.06 bits per heavy atom. The maximum absolute atomic E-state index is 11.2. The zero-order valence-electron chi connectivity index (χ0n) is 9.76. The summed E-state index contributed by atoms with van der Waals surface area (Å²) in [5.74, 6) is 0.126. The first-order valence-corrected chi connectivity index (χ1v) is 5.42. The van der Waals surface area contributed by atoms with Gasteiger partial charge in [0.2, 0.25) is 0 Å². The van der Waals surface area contributed by atoms with Crippen molar-refractivity contribution in [3.8, 4) is 5.75 Å². The molecule has 1 unspecified atom stereocenters. The molecule has 0 radical (unpaired) electrons. The summed E-state index contributed by atoms with van der Waals surface area (Å²) in [6.45, 7) is 2.08. The van der Waals surface area contributed by atoms with Gasteiger partial charge in [-0.3, -0.25) is 4.79 Å². The van der Waals surface area contributed by atoms with Crippen molar-refractivity contribution in [1.82, 2.24) is 0 Å². The summed E-state index contributed by atoms with van der Waals surface area (Å²) in [7, 11) is 0.